The van der Waals surface area contributed by atoms with E-state index in [0.717, 1.165) is 5.56 Å². The van der Waals surface area contributed by atoms with Crippen molar-refractivity contribution in [1.82, 2.24) is 0 Å². The number of nitrogens with one attached hydrogen (secondary N) is 1. The number of hydrogen-bond donors (Lipinski definition) is 2. The molecule has 0 radical (unpaired) electrons. The normalized spacial score (nSPS) is 11.3. The number of carbonyl (C=O) groups excluding carboxylic acids is 1. The van der Waals surface area contributed by atoms with E-state index in [1.807, 2.05) is 19.1 Å². The van der Waals surface area contributed by atoms with Crippen LogP contribution in [0.2, 0.25) is 5.02 Å². The number of aromatic hydroxyl groups is 1. The van der Waals surface area contributed by atoms with Gasteiger partial charge in [0.2, 0.25) is 0 Å². The van der Waals surface area contributed by atoms with Crippen LogP contribution in [0.25, 0.3) is 0 Å². The van der Waals surface area contributed by atoms with Crippen molar-refractivity contribution >= 4 is 33.0 Å². The summed E-state index contributed by atoms with van der Waals surface area (Å²) < 4.78 is 35.2. The van der Waals surface area contributed by atoms with Gasteiger partial charge in [-0.05, 0) is 48.9 Å². The van der Waals surface area contributed by atoms with E-state index in [2.05, 4.69) is 5.32 Å². The molecule has 9 heteroatoms. The molecule has 158 valence electrons. The third-order valence-corrected chi connectivity index (χ3v) is 6.39. The minimum atomic E-state index is -3.49. The first-order valence-corrected chi connectivity index (χ1v) is 11.1. The summed E-state index contributed by atoms with van der Waals surface area (Å²) in [5.41, 5.74) is 0.833. The van der Waals surface area contributed by atoms with Gasteiger partial charge in [-0.3, -0.25) is 4.79 Å². The van der Waals surface area contributed by atoms with Crippen LogP contribution >= 0.6 is 11.6 Å². The predicted molar refractivity (Wildman–Crippen MR) is 113 cm³/mol. The highest BCUT2D eigenvalue weighted by Crippen LogP contribution is 2.30. The Morgan fingerprint density at radius 2 is 1.97 bits per heavy atom. The van der Waals surface area contributed by atoms with Crippen LogP contribution in [0.4, 0.5) is 5.69 Å². The molecule has 0 unspecified atom stereocenters. The Bertz CT molecular complexity index is 1170. The summed E-state index contributed by atoms with van der Waals surface area (Å²) in [6.45, 7) is 3.44. The molecule has 3 rings (SSSR count). The molecule has 7 nitrogen and oxygen atoms in total. The Morgan fingerprint density at radius 3 is 2.67 bits per heavy atom. The summed E-state index contributed by atoms with van der Waals surface area (Å²) in [6.07, 6.45) is 0. The van der Waals surface area contributed by atoms with Crippen molar-refractivity contribution in [1.29, 1.82) is 0 Å². The Hall–Kier alpha value is -2.97. The predicted octanol–water partition coefficient (Wildman–Crippen LogP) is 4.57. The second-order valence-electron chi connectivity index (χ2n) is 6.48. The second kappa shape index (κ2) is 8.81. The summed E-state index contributed by atoms with van der Waals surface area (Å²) in [7, 11) is -3.49. The van der Waals surface area contributed by atoms with Gasteiger partial charge < -0.3 is 19.6 Å². The fraction of sp³-hybridized carbons (Fsp3) is 0.190. The van der Waals surface area contributed by atoms with Crippen LogP contribution in [-0.4, -0.2) is 25.2 Å². The van der Waals surface area contributed by atoms with E-state index in [0.29, 0.717) is 16.5 Å². The van der Waals surface area contributed by atoms with Crippen molar-refractivity contribution in [2.45, 2.75) is 25.3 Å². The first kappa shape index (κ1) is 21.7. The molecule has 0 aliphatic rings. The van der Waals surface area contributed by atoms with Crippen molar-refractivity contribution in [2.75, 3.05) is 11.1 Å². The molecule has 1 aromatic heterocycles. The maximum Gasteiger partial charge on any atom is 0.291 e. The van der Waals surface area contributed by atoms with Gasteiger partial charge in [-0.15, -0.1) is 0 Å². The monoisotopic (exact) mass is 449 g/mol. The number of phenols is 1. The van der Waals surface area contributed by atoms with E-state index in [-0.39, 0.29) is 34.5 Å². The zero-order chi connectivity index (χ0) is 21.9. The summed E-state index contributed by atoms with van der Waals surface area (Å²) >= 11 is 6.13. The lowest BCUT2D eigenvalue weighted by molar-refractivity contribution is 0.0992. The number of sulfone groups is 1. The first-order valence-electron chi connectivity index (χ1n) is 9.05. The highest BCUT2D eigenvalue weighted by molar-refractivity contribution is 7.91. The highest BCUT2D eigenvalue weighted by Gasteiger charge is 2.18. The van der Waals surface area contributed by atoms with E-state index in [1.165, 1.54) is 31.2 Å². The van der Waals surface area contributed by atoms with Gasteiger partial charge in [-0.2, -0.15) is 0 Å². The number of aryl methyl sites for hydroxylation is 1. The van der Waals surface area contributed by atoms with Gasteiger partial charge >= 0.3 is 0 Å². The number of furan rings is 1. The minimum absolute atomic E-state index is 0.00161. The number of anilines is 1. The van der Waals surface area contributed by atoms with Gasteiger partial charge in [0.15, 0.2) is 15.6 Å². The van der Waals surface area contributed by atoms with Crippen LogP contribution in [0.1, 0.15) is 28.8 Å². The lowest BCUT2D eigenvalue weighted by atomic mass is 10.2. The number of halogens is 1. The fourth-order valence-corrected chi connectivity index (χ4v) is 3.86. The van der Waals surface area contributed by atoms with Crippen molar-refractivity contribution in [3.8, 4) is 11.5 Å². The zero-order valence-corrected chi connectivity index (χ0v) is 17.9. The maximum absolute atomic E-state index is 12.5. The second-order valence-corrected chi connectivity index (χ2v) is 9.16. The van der Waals surface area contributed by atoms with Crippen LogP contribution in [0.5, 0.6) is 11.5 Å². The van der Waals surface area contributed by atoms with Crippen molar-refractivity contribution in [3.05, 3.63) is 70.6 Å². The first-order chi connectivity index (χ1) is 14.2. The Morgan fingerprint density at radius 1 is 1.20 bits per heavy atom. The van der Waals surface area contributed by atoms with Crippen LogP contribution in [-0.2, 0) is 16.4 Å². The van der Waals surface area contributed by atoms with E-state index in [9.17, 15) is 18.3 Å². The molecule has 0 aliphatic heterocycles. The molecule has 0 atom stereocenters. The van der Waals surface area contributed by atoms with Gasteiger partial charge in [0.25, 0.3) is 5.91 Å². The third kappa shape index (κ3) is 4.77. The van der Waals surface area contributed by atoms with Crippen LogP contribution < -0.4 is 10.1 Å². The molecule has 2 aromatic carbocycles. The summed E-state index contributed by atoms with van der Waals surface area (Å²) in [4.78, 5) is 12.5. The standard InChI is InChI=1S/C21H20ClNO6S/c1-3-30(26,27)15-8-9-18(24)17(11-15)23-21(25)19-10-7-14(29-19)12-28-20-13(2)5-4-6-16(20)22/h4-11,24H,3,12H2,1-2H3,(H,23,25). The molecule has 0 saturated carbocycles. The van der Waals surface area contributed by atoms with Gasteiger partial charge in [0.05, 0.1) is 21.4 Å². The number of amides is 1. The number of rotatable bonds is 7. The molecule has 0 saturated heterocycles. The average molecular weight is 450 g/mol. The van der Waals surface area contributed by atoms with Crippen molar-refractivity contribution in [3.63, 3.8) is 0 Å². The lowest BCUT2D eigenvalue weighted by Crippen LogP contribution is -2.12. The molecule has 3 aromatic rings. The topological polar surface area (TPSA) is 106 Å². The van der Waals surface area contributed by atoms with Gasteiger partial charge in [0.1, 0.15) is 23.9 Å². The molecule has 0 spiro atoms. The summed E-state index contributed by atoms with van der Waals surface area (Å²) in [5.74, 6) is -0.101. The van der Waals surface area contributed by atoms with Crippen LogP contribution in [0, 0.1) is 6.92 Å². The Balaban J connectivity index is 1.72. The third-order valence-electron chi connectivity index (χ3n) is 4.36. The van der Waals surface area contributed by atoms with Crippen LogP contribution in [0.3, 0.4) is 0 Å². The molecule has 0 fully saturated rings. The molecular weight excluding hydrogens is 430 g/mol. The average Bonchev–Trinajstić information content (AvgIpc) is 3.18. The van der Waals surface area contributed by atoms with E-state index in [1.54, 1.807) is 12.1 Å². The largest absolute Gasteiger partial charge is 0.506 e. The maximum atomic E-state index is 12.5. The number of hydrogen-bond acceptors (Lipinski definition) is 6. The van der Waals surface area contributed by atoms with E-state index < -0.39 is 15.7 Å². The van der Waals surface area contributed by atoms with Gasteiger partial charge in [0, 0.05) is 0 Å². The number of ether oxygens (including phenoxy) is 1. The SMILES string of the molecule is CCS(=O)(=O)c1ccc(O)c(NC(=O)c2ccc(COc3c(C)cccc3Cl)o2)c1. The molecule has 1 heterocycles. The molecular formula is C21H20ClNO6S. The zero-order valence-electron chi connectivity index (χ0n) is 16.3. The minimum Gasteiger partial charge on any atom is -0.506 e. The lowest BCUT2D eigenvalue weighted by Gasteiger charge is -2.10. The van der Waals surface area contributed by atoms with Crippen molar-refractivity contribution in [2.24, 2.45) is 0 Å². The number of phenolic OH excluding ortho intramolecular Hbond substituents is 1. The molecule has 1 amide bonds. The Labute approximate surface area is 179 Å². The Kier molecular flexibility index (Phi) is 6.38. The number of para-hydroxylation sites is 1. The van der Waals surface area contributed by atoms with Gasteiger partial charge in [-0.25, -0.2) is 8.42 Å². The summed E-state index contributed by atoms with van der Waals surface area (Å²) in [6, 6.07) is 12.1. The molecule has 0 aliphatic carbocycles. The molecule has 2 N–H and O–H groups in total. The summed E-state index contributed by atoms with van der Waals surface area (Å²) in [5, 5.41) is 12.9. The van der Waals surface area contributed by atoms with E-state index >= 15 is 0 Å². The number of carbonyl (C=O) groups is 1. The van der Waals surface area contributed by atoms with Crippen LogP contribution in [0.15, 0.2) is 57.8 Å². The quantitative estimate of drug-likeness (QED) is 0.512. The van der Waals surface area contributed by atoms with Crippen molar-refractivity contribution < 1.29 is 27.5 Å². The smallest absolute Gasteiger partial charge is 0.291 e. The van der Waals surface area contributed by atoms with Gasteiger partial charge in [-0.1, -0.05) is 30.7 Å². The number of benzene rings is 2. The highest BCUT2D eigenvalue weighted by atomic mass is 35.5. The molecule has 30 heavy (non-hydrogen) atoms. The fourth-order valence-electron chi connectivity index (χ4n) is 2.68. The molecule has 0 bridgehead atoms. The van der Waals surface area contributed by atoms with E-state index in [4.69, 9.17) is 20.8 Å².